The van der Waals surface area contributed by atoms with E-state index >= 15 is 0 Å². The molecule has 0 radical (unpaired) electrons. The van der Waals surface area contributed by atoms with E-state index in [0.29, 0.717) is 55.3 Å². The molecule has 2 fully saturated rings. The van der Waals surface area contributed by atoms with Crippen LogP contribution in [0.2, 0.25) is 0 Å². The molecule has 3 aromatic carbocycles. The normalized spacial score (nSPS) is 22.5. The third-order valence-corrected chi connectivity index (χ3v) is 9.83. The number of nitrogens with zero attached hydrogens (tertiary/aromatic N) is 3. The number of fused-ring (bicyclic) bond motifs is 1. The van der Waals surface area contributed by atoms with Crippen LogP contribution in [0.4, 0.5) is 14.9 Å². The van der Waals surface area contributed by atoms with Gasteiger partial charge in [-0.1, -0.05) is 42.5 Å². The number of hydrogen-bond donors (Lipinski definition) is 5. The molecule has 1 spiro atoms. The van der Waals surface area contributed by atoms with Crippen LogP contribution in [0.1, 0.15) is 30.9 Å². The van der Waals surface area contributed by atoms with Gasteiger partial charge in [0.2, 0.25) is 0 Å². The Morgan fingerprint density at radius 2 is 1.86 bits per heavy atom. The van der Waals surface area contributed by atoms with Crippen molar-refractivity contribution in [3.63, 3.8) is 0 Å². The van der Waals surface area contributed by atoms with Crippen molar-refractivity contribution in [2.45, 2.75) is 38.8 Å². The lowest BCUT2D eigenvalue weighted by atomic mass is 9.90. The van der Waals surface area contributed by atoms with E-state index in [9.17, 15) is 19.1 Å². The zero-order valence-electron chi connectivity index (χ0n) is 28.4. The number of likely N-dealkylation sites (tertiary alicyclic amines) is 1. The third kappa shape index (κ3) is 6.51. The SMILES string of the molecule is CC1=C(N2C(=O)NC3(CCN(Cc4ccccc4)C3)C2=O)C=C2NC(C(O)=C(CN)C(N)=Nc3ccc(Oc4ccccc4F)cc3C)=CC2C1. The van der Waals surface area contributed by atoms with Gasteiger partial charge in [0.25, 0.3) is 5.91 Å². The van der Waals surface area contributed by atoms with Gasteiger partial charge in [0.1, 0.15) is 22.9 Å². The van der Waals surface area contributed by atoms with Crippen molar-refractivity contribution >= 4 is 23.5 Å². The Hall–Kier alpha value is -5.72. The Balaban J connectivity index is 1.06. The Morgan fingerprint density at radius 1 is 1.10 bits per heavy atom. The number of hydrogen-bond acceptors (Lipinski definition) is 8. The predicted molar refractivity (Wildman–Crippen MR) is 192 cm³/mol. The van der Waals surface area contributed by atoms with E-state index in [1.807, 2.05) is 38.1 Å². The summed E-state index contributed by atoms with van der Waals surface area (Å²) in [6.45, 7) is 5.47. The van der Waals surface area contributed by atoms with Crippen LogP contribution in [0.25, 0.3) is 0 Å². The summed E-state index contributed by atoms with van der Waals surface area (Å²) in [6, 6.07) is 20.8. The number of allylic oxidation sites excluding steroid dienone is 3. The molecular formula is C39H40FN7O4. The highest BCUT2D eigenvalue weighted by Crippen LogP contribution is 2.39. The largest absolute Gasteiger partial charge is 0.505 e. The highest BCUT2D eigenvalue weighted by Gasteiger charge is 2.55. The van der Waals surface area contributed by atoms with Crippen molar-refractivity contribution < 1.29 is 23.8 Å². The van der Waals surface area contributed by atoms with Crippen LogP contribution in [-0.2, 0) is 11.3 Å². The summed E-state index contributed by atoms with van der Waals surface area (Å²) >= 11 is 0. The molecule has 7 N–H and O–H groups in total. The summed E-state index contributed by atoms with van der Waals surface area (Å²) in [5, 5.41) is 17.7. The molecule has 3 aromatic rings. The number of nitrogens with two attached hydrogens (primary N) is 2. The number of amidine groups is 1. The van der Waals surface area contributed by atoms with E-state index in [4.69, 9.17) is 16.2 Å². The molecule has 3 heterocycles. The maximum Gasteiger partial charge on any atom is 0.329 e. The second-order valence-corrected chi connectivity index (χ2v) is 13.4. The zero-order chi connectivity index (χ0) is 35.9. The number of halogens is 1. The molecule has 2 unspecified atom stereocenters. The monoisotopic (exact) mass is 689 g/mol. The number of para-hydroxylation sites is 1. The maximum absolute atomic E-state index is 14.1. The molecule has 4 aliphatic rings. The lowest BCUT2D eigenvalue weighted by Gasteiger charge is -2.26. The van der Waals surface area contributed by atoms with E-state index < -0.39 is 17.4 Å². The number of rotatable bonds is 9. The summed E-state index contributed by atoms with van der Waals surface area (Å²) in [7, 11) is 0. The quantitative estimate of drug-likeness (QED) is 0.0848. The van der Waals surface area contributed by atoms with Gasteiger partial charge in [-0.15, -0.1) is 0 Å². The number of aliphatic hydroxyl groups is 1. The number of urea groups is 1. The molecular weight excluding hydrogens is 649 g/mol. The fourth-order valence-electron chi connectivity index (χ4n) is 7.13. The standard InChI is InChI=1S/C39H40FN7O4/c1-23-17-27(51-34-11-7-6-10-29(34)40)12-13-30(23)44-36(42)28(20-41)35(48)32-18-26-16-24(2)33(19-31(26)43-32)47-37(49)39(45-38(47)50)14-15-46(22-39)21-25-8-4-3-5-9-25/h3-13,17-19,26,43,48H,14-16,20-22,41H2,1-2H3,(H2,42,44)(H,45,50). The second kappa shape index (κ2) is 13.5. The minimum Gasteiger partial charge on any atom is -0.505 e. The van der Waals surface area contributed by atoms with Crippen LogP contribution in [-0.4, -0.2) is 57.9 Å². The van der Waals surface area contributed by atoms with E-state index in [0.717, 1.165) is 22.4 Å². The van der Waals surface area contributed by atoms with Crippen LogP contribution in [0.5, 0.6) is 11.5 Å². The van der Waals surface area contributed by atoms with E-state index in [-0.39, 0.29) is 41.3 Å². The number of aryl methyl sites for hydroxylation is 1. The fraction of sp³-hybridized carbons (Fsp3) is 0.256. The van der Waals surface area contributed by atoms with Gasteiger partial charge in [0, 0.05) is 37.8 Å². The van der Waals surface area contributed by atoms with Crippen molar-refractivity contribution in [1.82, 2.24) is 20.4 Å². The predicted octanol–water partition coefficient (Wildman–Crippen LogP) is 5.55. The molecule has 262 valence electrons. The van der Waals surface area contributed by atoms with Crippen LogP contribution in [0, 0.1) is 18.7 Å². The van der Waals surface area contributed by atoms with Gasteiger partial charge in [-0.3, -0.25) is 9.69 Å². The number of imide groups is 1. The van der Waals surface area contributed by atoms with Crippen molar-refractivity contribution in [3.8, 4) is 11.5 Å². The van der Waals surface area contributed by atoms with Crippen LogP contribution < -0.4 is 26.8 Å². The molecule has 2 atom stereocenters. The first-order valence-electron chi connectivity index (χ1n) is 16.9. The number of carbonyl (C=O) groups excluding carboxylic acids is 2. The Labute approximate surface area is 295 Å². The first-order valence-corrected chi connectivity index (χ1v) is 16.9. The Bertz CT molecular complexity index is 2070. The minimum atomic E-state index is -0.972. The molecule has 3 aliphatic heterocycles. The lowest BCUT2D eigenvalue weighted by molar-refractivity contribution is -0.129. The molecule has 2 saturated heterocycles. The minimum absolute atomic E-state index is 0.0323. The number of aliphatic hydroxyl groups excluding tert-OH is 1. The second-order valence-electron chi connectivity index (χ2n) is 13.4. The molecule has 12 heteroatoms. The third-order valence-electron chi connectivity index (χ3n) is 9.83. The van der Waals surface area contributed by atoms with Crippen LogP contribution in [0.3, 0.4) is 0 Å². The zero-order valence-corrected chi connectivity index (χ0v) is 28.4. The molecule has 3 amide bonds. The van der Waals surface area contributed by atoms with Gasteiger partial charge in [-0.2, -0.15) is 0 Å². The summed E-state index contributed by atoms with van der Waals surface area (Å²) in [6.07, 6.45) is 4.76. The Morgan fingerprint density at radius 3 is 2.61 bits per heavy atom. The molecule has 0 bridgehead atoms. The molecule has 7 rings (SSSR count). The summed E-state index contributed by atoms with van der Waals surface area (Å²) in [5.74, 6) is -0.415. The van der Waals surface area contributed by atoms with Crippen molar-refractivity contribution in [1.29, 1.82) is 0 Å². The molecule has 0 aromatic heterocycles. The smallest absolute Gasteiger partial charge is 0.329 e. The maximum atomic E-state index is 14.1. The highest BCUT2D eigenvalue weighted by atomic mass is 19.1. The average Bonchev–Trinajstić information content (AvgIpc) is 3.78. The number of nitrogens with one attached hydrogen (secondary N) is 2. The highest BCUT2D eigenvalue weighted by molar-refractivity contribution is 6.09. The van der Waals surface area contributed by atoms with E-state index in [1.165, 1.54) is 11.0 Å². The number of carbonyl (C=O) groups is 2. The molecule has 1 aliphatic carbocycles. The topological polar surface area (TPSA) is 159 Å². The first-order chi connectivity index (χ1) is 24.5. The number of benzene rings is 3. The summed E-state index contributed by atoms with van der Waals surface area (Å²) < 4.78 is 19.8. The van der Waals surface area contributed by atoms with Gasteiger partial charge in [-0.05, 0) is 85.9 Å². The van der Waals surface area contributed by atoms with Crippen molar-refractivity contribution in [2.24, 2.45) is 22.4 Å². The lowest BCUT2D eigenvalue weighted by Crippen LogP contribution is -2.49. The van der Waals surface area contributed by atoms with Gasteiger partial charge in [0.05, 0.1) is 22.7 Å². The van der Waals surface area contributed by atoms with Crippen LogP contribution in [0.15, 0.2) is 124 Å². The number of aliphatic imine (C=N–C) groups is 1. The summed E-state index contributed by atoms with van der Waals surface area (Å²) in [5.41, 5.74) is 16.7. The summed E-state index contributed by atoms with van der Waals surface area (Å²) in [4.78, 5) is 35.3. The van der Waals surface area contributed by atoms with E-state index in [2.05, 4.69) is 32.7 Å². The van der Waals surface area contributed by atoms with Crippen molar-refractivity contribution in [2.75, 3.05) is 19.6 Å². The Kier molecular flexibility index (Phi) is 8.96. The number of ether oxygens (including phenoxy) is 1. The van der Waals surface area contributed by atoms with Gasteiger partial charge >= 0.3 is 6.03 Å². The fourth-order valence-corrected chi connectivity index (χ4v) is 7.13. The van der Waals surface area contributed by atoms with Crippen LogP contribution >= 0.6 is 0 Å². The molecule has 0 saturated carbocycles. The van der Waals surface area contributed by atoms with Crippen molar-refractivity contribution in [3.05, 3.63) is 136 Å². The molecule has 11 nitrogen and oxygen atoms in total. The van der Waals surface area contributed by atoms with E-state index in [1.54, 1.807) is 42.5 Å². The molecule has 51 heavy (non-hydrogen) atoms. The van der Waals surface area contributed by atoms with Gasteiger partial charge in [-0.25, -0.2) is 19.1 Å². The first kappa shape index (κ1) is 33.8. The number of amides is 3. The average molecular weight is 690 g/mol. The van der Waals surface area contributed by atoms with Gasteiger partial charge in [0.15, 0.2) is 11.6 Å². The van der Waals surface area contributed by atoms with Gasteiger partial charge < -0.3 is 31.9 Å².